The van der Waals surface area contributed by atoms with Gasteiger partial charge in [-0.3, -0.25) is 0 Å². The third-order valence-electron chi connectivity index (χ3n) is 2.30. The van der Waals surface area contributed by atoms with E-state index >= 15 is 0 Å². The average Bonchev–Trinajstić information content (AvgIpc) is 2.16. The maximum atomic E-state index is 10.3. The number of unbranched alkanes of at least 4 members (excludes halogenated alkanes) is 4. The molecule has 0 aromatic heterocycles. The topological polar surface area (TPSA) is 83.5 Å². The van der Waals surface area contributed by atoms with Crippen molar-refractivity contribution in [3.63, 3.8) is 0 Å². The van der Waals surface area contributed by atoms with Gasteiger partial charge in [0, 0.05) is 6.04 Å². The molecule has 2 atom stereocenters. The highest BCUT2D eigenvalue weighted by Crippen LogP contribution is 2.08. The molecule has 4 heteroatoms. The second-order valence-electron chi connectivity index (χ2n) is 3.65. The Kier molecular flexibility index (Phi) is 7.42. The molecule has 0 heterocycles. The summed E-state index contributed by atoms with van der Waals surface area (Å²) in [7, 11) is 0. The molecule has 0 fully saturated rings. The molecule has 84 valence electrons. The van der Waals surface area contributed by atoms with Crippen LogP contribution in [0.5, 0.6) is 0 Å². The van der Waals surface area contributed by atoms with E-state index in [0.29, 0.717) is 6.42 Å². The van der Waals surface area contributed by atoms with Crippen LogP contribution in [0.1, 0.15) is 45.4 Å². The zero-order valence-corrected chi connectivity index (χ0v) is 8.78. The number of aliphatic carboxylic acids is 1. The molecule has 0 spiro atoms. The van der Waals surface area contributed by atoms with E-state index in [1.807, 2.05) is 0 Å². The highest BCUT2D eigenvalue weighted by Gasteiger charge is 2.21. The minimum atomic E-state index is -1.42. The Labute approximate surface area is 85.1 Å². The molecule has 0 bridgehead atoms. The average molecular weight is 203 g/mol. The van der Waals surface area contributed by atoms with Crippen molar-refractivity contribution in [3.05, 3.63) is 0 Å². The van der Waals surface area contributed by atoms with Crippen molar-refractivity contribution in [1.82, 2.24) is 0 Å². The lowest BCUT2D eigenvalue weighted by molar-refractivity contribution is -0.147. The van der Waals surface area contributed by atoms with Gasteiger partial charge in [0.1, 0.15) is 0 Å². The number of hydrogen-bond donors (Lipinski definition) is 3. The quantitative estimate of drug-likeness (QED) is 0.516. The Hall–Kier alpha value is -0.610. The molecule has 4 N–H and O–H groups in total. The van der Waals surface area contributed by atoms with E-state index in [1.54, 1.807) is 0 Å². The van der Waals surface area contributed by atoms with Gasteiger partial charge in [-0.05, 0) is 6.42 Å². The van der Waals surface area contributed by atoms with Gasteiger partial charge in [-0.2, -0.15) is 0 Å². The summed E-state index contributed by atoms with van der Waals surface area (Å²) in [6, 6.07) is -0.630. The molecule has 0 aromatic carbocycles. The lowest BCUT2D eigenvalue weighted by Gasteiger charge is -2.14. The number of nitrogens with two attached hydrogens (primary N) is 1. The summed E-state index contributed by atoms with van der Waals surface area (Å²) in [6.07, 6.45) is 4.67. The minimum Gasteiger partial charge on any atom is -0.479 e. The Morgan fingerprint density at radius 2 is 1.86 bits per heavy atom. The van der Waals surface area contributed by atoms with E-state index in [0.717, 1.165) is 19.3 Å². The van der Waals surface area contributed by atoms with Crippen molar-refractivity contribution in [2.75, 3.05) is 0 Å². The molecule has 0 radical (unpaired) electrons. The van der Waals surface area contributed by atoms with Crippen molar-refractivity contribution >= 4 is 5.97 Å². The Morgan fingerprint density at radius 3 is 2.36 bits per heavy atom. The molecule has 0 aromatic rings. The van der Waals surface area contributed by atoms with Crippen LogP contribution in [-0.2, 0) is 4.79 Å². The van der Waals surface area contributed by atoms with E-state index in [2.05, 4.69) is 6.92 Å². The molecule has 0 saturated carbocycles. The van der Waals surface area contributed by atoms with Crippen molar-refractivity contribution in [2.45, 2.75) is 57.6 Å². The maximum absolute atomic E-state index is 10.3. The standard InChI is InChI=1S/C10H21NO3/c1-2-3-4-5-6-7-8(11)9(12)10(13)14/h8-9,12H,2-7,11H2,1H3,(H,13,14). The third kappa shape index (κ3) is 5.94. The molecule has 2 unspecified atom stereocenters. The summed E-state index contributed by atoms with van der Waals surface area (Å²) in [5.74, 6) is -1.23. The van der Waals surface area contributed by atoms with Crippen LogP contribution in [0.3, 0.4) is 0 Å². The summed E-state index contributed by atoms with van der Waals surface area (Å²) in [5.41, 5.74) is 5.50. The lowest BCUT2D eigenvalue weighted by Crippen LogP contribution is -2.40. The van der Waals surface area contributed by atoms with Crippen molar-refractivity contribution in [2.24, 2.45) is 5.73 Å². The Balaban J connectivity index is 3.43. The number of aliphatic hydroxyl groups is 1. The molecule has 0 aliphatic heterocycles. The van der Waals surface area contributed by atoms with Gasteiger partial charge in [0.2, 0.25) is 0 Å². The zero-order valence-electron chi connectivity index (χ0n) is 8.78. The van der Waals surface area contributed by atoms with Crippen LogP contribution in [0, 0.1) is 0 Å². The van der Waals surface area contributed by atoms with Gasteiger partial charge in [0.05, 0.1) is 0 Å². The molecular formula is C10H21NO3. The number of carboxylic acids is 1. The highest BCUT2D eigenvalue weighted by molar-refractivity contribution is 5.72. The molecule has 0 rings (SSSR count). The molecule has 0 saturated heterocycles. The lowest BCUT2D eigenvalue weighted by atomic mass is 10.0. The number of aliphatic hydroxyl groups excluding tert-OH is 1. The number of carboxylic acid groups (broad SMARTS) is 1. The van der Waals surface area contributed by atoms with E-state index in [-0.39, 0.29) is 0 Å². The van der Waals surface area contributed by atoms with Crippen molar-refractivity contribution < 1.29 is 15.0 Å². The summed E-state index contributed by atoms with van der Waals surface area (Å²) in [5, 5.41) is 17.5. The first-order chi connectivity index (χ1) is 6.59. The van der Waals surface area contributed by atoms with Crippen LogP contribution in [0.4, 0.5) is 0 Å². The van der Waals surface area contributed by atoms with Gasteiger partial charge in [-0.15, -0.1) is 0 Å². The first kappa shape index (κ1) is 13.4. The summed E-state index contributed by atoms with van der Waals surface area (Å²) < 4.78 is 0. The number of hydrogen-bond acceptors (Lipinski definition) is 3. The highest BCUT2D eigenvalue weighted by atomic mass is 16.4. The second kappa shape index (κ2) is 7.76. The normalized spacial score (nSPS) is 15.1. The van der Waals surface area contributed by atoms with Crippen LogP contribution in [0.15, 0.2) is 0 Å². The van der Waals surface area contributed by atoms with Crippen LogP contribution in [-0.4, -0.2) is 28.3 Å². The molecule has 4 nitrogen and oxygen atoms in total. The predicted octanol–water partition coefficient (Wildman–Crippen LogP) is 1.12. The largest absolute Gasteiger partial charge is 0.479 e. The monoisotopic (exact) mass is 203 g/mol. The maximum Gasteiger partial charge on any atom is 0.334 e. The Morgan fingerprint density at radius 1 is 1.29 bits per heavy atom. The summed E-state index contributed by atoms with van der Waals surface area (Å²) >= 11 is 0. The Bertz CT molecular complexity index is 161. The van der Waals surface area contributed by atoms with Crippen LogP contribution in [0.25, 0.3) is 0 Å². The molecular weight excluding hydrogens is 182 g/mol. The summed E-state index contributed by atoms with van der Waals surface area (Å²) in [4.78, 5) is 10.3. The molecule has 0 aliphatic carbocycles. The van der Waals surface area contributed by atoms with Gasteiger partial charge in [-0.1, -0.05) is 39.0 Å². The van der Waals surface area contributed by atoms with Crippen molar-refractivity contribution in [3.8, 4) is 0 Å². The van der Waals surface area contributed by atoms with Gasteiger partial charge in [-0.25, -0.2) is 4.79 Å². The van der Waals surface area contributed by atoms with Gasteiger partial charge >= 0.3 is 5.97 Å². The van der Waals surface area contributed by atoms with E-state index in [1.165, 1.54) is 12.8 Å². The molecule has 14 heavy (non-hydrogen) atoms. The van der Waals surface area contributed by atoms with E-state index < -0.39 is 18.1 Å². The molecule has 0 amide bonds. The number of rotatable bonds is 8. The smallest absolute Gasteiger partial charge is 0.334 e. The van der Waals surface area contributed by atoms with E-state index in [4.69, 9.17) is 15.9 Å². The first-order valence-corrected chi connectivity index (χ1v) is 5.26. The van der Waals surface area contributed by atoms with Crippen LogP contribution >= 0.6 is 0 Å². The fourth-order valence-corrected chi connectivity index (χ4v) is 1.32. The van der Waals surface area contributed by atoms with Crippen LogP contribution in [0.2, 0.25) is 0 Å². The summed E-state index contributed by atoms with van der Waals surface area (Å²) in [6.45, 7) is 2.14. The SMILES string of the molecule is CCCCCCCC(N)C(O)C(=O)O. The number of carbonyl (C=O) groups is 1. The van der Waals surface area contributed by atoms with Crippen molar-refractivity contribution in [1.29, 1.82) is 0 Å². The third-order valence-corrected chi connectivity index (χ3v) is 2.30. The fraction of sp³-hybridized carbons (Fsp3) is 0.900. The van der Waals surface area contributed by atoms with Gasteiger partial charge < -0.3 is 15.9 Å². The van der Waals surface area contributed by atoms with Crippen LogP contribution < -0.4 is 5.73 Å². The van der Waals surface area contributed by atoms with Gasteiger partial charge in [0.15, 0.2) is 6.10 Å². The predicted molar refractivity (Wildman–Crippen MR) is 55.0 cm³/mol. The second-order valence-corrected chi connectivity index (χ2v) is 3.65. The fourth-order valence-electron chi connectivity index (χ4n) is 1.32. The van der Waals surface area contributed by atoms with Gasteiger partial charge in [0.25, 0.3) is 0 Å². The first-order valence-electron chi connectivity index (χ1n) is 5.26. The minimum absolute atomic E-state index is 0.581. The molecule has 0 aliphatic rings. The zero-order chi connectivity index (χ0) is 11.0. The van der Waals surface area contributed by atoms with E-state index in [9.17, 15) is 4.79 Å².